The van der Waals surface area contributed by atoms with Gasteiger partial charge in [-0.1, -0.05) is 0 Å². The van der Waals surface area contributed by atoms with Gasteiger partial charge in [-0.2, -0.15) is 0 Å². The second-order valence-electron chi connectivity index (χ2n) is 6.07. The van der Waals surface area contributed by atoms with Crippen LogP contribution in [0.5, 0.6) is 0 Å². The van der Waals surface area contributed by atoms with Gasteiger partial charge < -0.3 is 0 Å². The standard InChI is InChI=1S/C17H17ClN2O6Se/c1-23-17-25-13-11(8-27-10-4-2-9(18)3-5-10)24-15(14(13)26-17)20-7-6-12(21)19-16(20)22/h2-7,11,13-15,17H,8H2,1H3,(H,19,21,22)/t11-,13-,14-,15-,17?/m1/s1. The number of rotatable bonds is 5. The van der Waals surface area contributed by atoms with Crippen molar-refractivity contribution in [1.82, 2.24) is 9.55 Å². The van der Waals surface area contributed by atoms with Crippen molar-refractivity contribution in [2.45, 2.75) is 36.3 Å². The van der Waals surface area contributed by atoms with Gasteiger partial charge in [-0.05, 0) is 0 Å². The summed E-state index contributed by atoms with van der Waals surface area (Å²) in [7, 11) is 1.49. The molecule has 1 N–H and O–H groups in total. The number of fused-ring (bicyclic) bond motifs is 1. The molecule has 0 spiro atoms. The summed E-state index contributed by atoms with van der Waals surface area (Å²) in [4.78, 5) is 25.7. The van der Waals surface area contributed by atoms with Crippen molar-refractivity contribution in [2.75, 3.05) is 7.11 Å². The van der Waals surface area contributed by atoms with Crippen molar-refractivity contribution in [3.05, 3.63) is 62.4 Å². The molecule has 1 unspecified atom stereocenters. The molecular weight excluding hydrogens is 443 g/mol. The van der Waals surface area contributed by atoms with Gasteiger partial charge in [-0.25, -0.2) is 0 Å². The van der Waals surface area contributed by atoms with E-state index in [1.54, 1.807) is 0 Å². The Morgan fingerprint density at radius 3 is 2.59 bits per heavy atom. The minimum absolute atomic E-state index is 0.124. The number of aromatic nitrogens is 2. The molecule has 1 aromatic carbocycles. The molecule has 0 saturated carbocycles. The van der Waals surface area contributed by atoms with E-state index in [-0.39, 0.29) is 27.2 Å². The Kier molecular flexibility index (Phi) is 5.52. The van der Waals surface area contributed by atoms with E-state index in [0.29, 0.717) is 5.02 Å². The van der Waals surface area contributed by atoms with Crippen molar-refractivity contribution < 1.29 is 18.9 Å². The van der Waals surface area contributed by atoms with Crippen molar-refractivity contribution in [3.8, 4) is 0 Å². The third kappa shape index (κ3) is 3.90. The Balaban J connectivity index is 1.54. The molecule has 0 radical (unpaired) electrons. The molecule has 0 bridgehead atoms. The topological polar surface area (TPSA) is 91.8 Å². The molecule has 10 heteroatoms. The van der Waals surface area contributed by atoms with E-state index in [9.17, 15) is 9.59 Å². The fraction of sp³-hybridized carbons (Fsp3) is 0.412. The first kappa shape index (κ1) is 18.9. The third-order valence-corrected chi connectivity index (χ3v) is 6.93. The van der Waals surface area contributed by atoms with Gasteiger partial charge in [0.2, 0.25) is 0 Å². The van der Waals surface area contributed by atoms with Crippen molar-refractivity contribution in [1.29, 1.82) is 0 Å². The number of benzene rings is 1. The van der Waals surface area contributed by atoms with Crippen LogP contribution < -0.4 is 15.7 Å². The maximum atomic E-state index is 12.2. The van der Waals surface area contributed by atoms with Gasteiger partial charge >= 0.3 is 165 Å². The number of H-pyrrole nitrogens is 1. The monoisotopic (exact) mass is 460 g/mol. The fourth-order valence-corrected chi connectivity index (χ4v) is 5.24. The molecule has 2 aliphatic rings. The van der Waals surface area contributed by atoms with E-state index >= 15 is 0 Å². The molecule has 0 aliphatic carbocycles. The van der Waals surface area contributed by atoms with Crippen molar-refractivity contribution in [2.24, 2.45) is 0 Å². The molecule has 2 fully saturated rings. The van der Waals surface area contributed by atoms with Gasteiger partial charge in [0.15, 0.2) is 0 Å². The number of nitrogens with one attached hydrogen (secondary N) is 1. The Morgan fingerprint density at radius 1 is 1.15 bits per heavy atom. The van der Waals surface area contributed by atoms with Crippen LogP contribution in [0.1, 0.15) is 6.23 Å². The third-order valence-electron chi connectivity index (χ3n) is 4.37. The van der Waals surface area contributed by atoms with Crippen LogP contribution in [0.25, 0.3) is 0 Å². The van der Waals surface area contributed by atoms with E-state index in [1.165, 1.54) is 28.4 Å². The first-order chi connectivity index (χ1) is 13.0. The van der Waals surface area contributed by atoms with E-state index in [4.69, 9.17) is 30.5 Å². The molecule has 2 saturated heterocycles. The van der Waals surface area contributed by atoms with E-state index in [1.807, 2.05) is 24.3 Å². The number of methoxy groups -OCH3 is 1. The van der Waals surface area contributed by atoms with Gasteiger partial charge in [-0.3, -0.25) is 0 Å². The Hall–Kier alpha value is -1.45. The van der Waals surface area contributed by atoms with Crippen LogP contribution in [-0.2, 0) is 18.9 Å². The molecule has 2 aliphatic heterocycles. The summed E-state index contributed by atoms with van der Waals surface area (Å²) in [5.74, 6) is 0. The summed E-state index contributed by atoms with van der Waals surface area (Å²) in [6.07, 6.45) is -0.447. The molecule has 4 rings (SSSR count). The quantitative estimate of drug-likeness (QED) is 0.645. The number of hydrogen-bond donors (Lipinski definition) is 1. The van der Waals surface area contributed by atoms with Crippen LogP contribution in [0.2, 0.25) is 10.3 Å². The molecule has 2 aromatic rings. The molecule has 8 nitrogen and oxygen atoms in total. The van der Waals surface area contributed by atoms with Gasteiger partial charge in [0.05, 0.1) is 0 Å². The van der Waals surface area contributed by atoms with Crippen molar-refractivity contribution >= 4 is 31.0 Å². The first-order valence-corrected chi connectivity index (χ1v) is 10.7. The van der Waals surface area contributed by atoms with Crippen LogP contribution in [-0.4, -0.2) is 56.4 Å². The number of aromatic amines is 1. The number of ether oxygens (including phenoxy) is 4. The van der Waals surface area contributed by atoms with Crippen LogP contribution in [0.4, 0.5) is 0 Å². The zero-order valence-electron chi connectivity index (χ0n) is 14.2. The summed E-state index contributed by atoms with van der Waals surface area (Å²) >= 11 is 6.06. The molecule has 1 aromatic heterocycles. The summed E-state index contributed by atoms with van der Waals surface area (Å²) in [6, 6.07) is 8.96. The predicted molar refractivity (Wildman–Crippen MR) is 97.4 cm³/mol. The van der Waals surface area contributed by atoms with Gasteiger partial charge in [0.25, 0.3) is 0 Å². The van der Waals surface area contributed by atoms with Crippen LogP contribution in [0.15, 0.2) is 46.1 Å². The Bertz CT molecular complexity index is 917. The Morgan fingerprint density at radius 2 is 1.89 bits per heavy atom. The summed E-state index contributed by atoms with van der Waals surface area (Å²) in [5, 5.41) is 1.42. The summed E-state index contributed by atoms with van der Waals surface area (Å²) in [6.45, 7) is -0.810. The zero-order valence-corrected chi connectivity index (χ0v) is 16.7. The average molecular weight is 460 g/mol. The Labute approximate surface area is 165 Å². The summed E-state index contributed by atoms with van der Waals surface area (Å²) in [5.41, 5.74) is -1.02. The maximum absolute atomic E-state index is 12.2. The molecule has 0 amide bonds. The minimum atomic E-state index is -0.810. The van der Waals surface area contributed by atoms with Crippen LogP contribution in [0.3, 0.4) is 0 Å². The first-order valence-electron chi connectivity index (χ1n) is 8.24. The van der Waals surface area contributed by atoms with E-state index in [0.717, 1.165) is 5.32 Å². The molecule has 27 heavy (non-hydrogen) atoms. The second kappa shape index (κ2) is 7.89. The number of nitrogens with zero attached hydrogens (tertiary/aromatic N) is 1. The predicted octanol–water partition coefficient (Wildman–Crippen LogP) is 0.249. The van der Waals surface area contributed by atoms with Gasteiger partial charge in [0, 0.05) is 0 Å². The number of hydrogen-bond acceptors (Lipinski definition) is 6. The van der Waals surface area contributed by atoms with E-state index < -0.39 is 30.1 Å². The fourth-order valence-electron chi connectivity index (χ4n) is 3.11. The molecule has 5 atom stereocenters. The van der Waals surface area contributed by atoms with Gasteiger partial charge in [-0.15, -0.1) is 0 Å². The number of halogens is 1. The van der Waals surface area contributed by atoms with Gasteiger partial charge in [0.1, 0.15) is 0 Å². The SMILES string of the molecule is COC1O[C@@H]2[C@H](O1)[C@@H](C[Se]c1ccc(Cl)cc1)O[C@H]2n1ccc(=O)[nH]c1=O. The van der Waals surface area contributed by atoms with Crippen molar-refractivity contribution in [3.63, 3.8) is 0 Å². The summed E-state index contributed by atoms with van der Waals surface area (Å²) < 4.78 is 25.3. The van der Waals surface area contributed by atoms with Crippen LogP contribution >= 0.6 is 11.6 Å². The molecular formula is C17H17ClN2O6Se. The second-order valence-corrected chi connectivity index (χ2v) is 8.80. The zero-order chi connectivity index (χ0) is 19.0. The average Bonchev–Trinajstić information content (AvgIpc) is 3.21. The van der Waals surface area contributed by atoms with Crippen LogP contribution in [0, 0.1) is 0 Å². The molecule has 3 heterocycles. The normalized spacial score (nSPS) is 29.8. The molecule has 144 valence electrons. The van der Waals surface area contributed by atoms with E-state index in [2.05, 4.69) is 4.98 Å².